The van der Waals surface area contributed by atoms with Crippen molar-refractivity contribution in [2.75, 3.05) is 26.4 Å². The van der Waals surface area contributed by atoms with Gasteiger partial charge in [-0.25, -0.2) is 0 Å². The van der Waals surface area contributed by atoms with Gasteiger partial charge in [0.2, 0.25) is 0 Å². The maximum atomic E-state index is 12.3. The summed E-state index contributed by atoms with van der Waals surface area (Å²) in [7, 11) is 0. The number of amides is 1. The third-order valence-corrected chi connectivity index (χ3v) is 4.24. The Balaban J connectivity index is 1.39. The van der Waals surface area contributed by atoms with E-state index >= 15 is 0 Å². The van der Waals surface area contributed by atoms with E-state index in [9.17, 15) is 18.0 Å². The van der Waals surface area contributed by atoms with Crippen LogP contribution in [0.15, 0.2) is 60.8 Å². The number of benzene rings is 2. The number of hydrogen-bond donors (Lipinski definition) is 1. The van der Waals surface area contributed by atoms with E-state index in [4.69, 9.17) is 4.74 Å². The zero-order valence-corrected chi connectivity index (χ0v) is 16.1. The molecule has 3 rings (SSSR count). The molecule has 2 aromatic carbocycles. The van der Waals surface area contributed by atoms with Crippen LogP contribution in [0.5, 0.6) is 5.75 Å². The van der Waals surface area contributed by atoms with Gasteiger partial charge in [0.1, 0.15) is 19.0 Å². The van der Waals surface area contributed by atoms with E-state index in [2.05, 4.69) is 15.0 Å². The van der Waals surface area contributed by atoms with E-state index in [1.165, 1.54) is 0 Å². The fourth-order valence-electron chi connectivity index (χ4n) is 2.78. The van der Waals surface area contributed by atoms with Crippen LogP contribution >= 0.6 is 0 Å². The highest BCUT2D eigenvalue weighted by molar-refractivity contribution is 5.97. The van der Waals surface area contributed by atoms with Gasteiger partial charge in [0.15, 0.2) is 0 Å². The largest absolute Gasteiger partial charge is 0.491 e. The van der Waals surface area contributed by atoms with E-state index in [-0.39, 0.29) is 19.1 Å². The van der Waals surface area contributed by atoms with Crippen LogP contribution in [-0.2, 0) is 11.2 Å². The Bertz CT molecular complexity index is 975. The highest BCUT2D eigenvalue weighted by Crippen LogP contribution is 2.15. The Hall–Kier alpha value is -3.13. The van der Waals surface area contributed by atoms with Crippen molar-refractivity contribution in [1.29, 1.82) is 0 Å². The summed E-state index contributed by atoms with van der Waals surface area (Å²) in [6.45, 7) is -0.935. The zero-order chi connectivity index (χ0) is 21.4. The lowest BCUT2D eigenvalue weighted by atomic mass is 10.1. The first-order valence-electron chi connectivity index (χ1n) is 9.40. The molecule has 0 aliphatic carbocycles. The molecule has 1 N–H and O–H groups in total. The van der Waals surface area contributed by atoms with Crippen molar-refractivity contribution < 1.29 is 27.4 Å². The standard InChI is InChI=1S/C22H21F3N2O3/c23-22(24,25)15-29-11-12-30-19-7-5-16(6-8-19)9-10-26-21(28)18-13-17-3-1-2-4-20(17)27-14-18/h1-8,13-14H,9-12,15H2,(H,26,28). The van der Waals surface area contributed by atoms with E-state index in [1.807, 2.05) is 42.5 Å². The van der Waals surface area contributed by atoms with Crippen LogP contribution < -0.4 is 10.1 Å². The van der Waals surface area contributed by atoms with Crippen LogP contribution in [0.1, 0.15) is 15.9 Å². The van der Waals surface area contributed by atoms with Crippen molar-refractivity contribution in [3.63, 3.8) is 0 Å². The summed E-state index contributed by atoms with van der Waals surface area (Å²) in [5, 5.41) is 3.78. The van der Waals surface area contributed by atoms with Gasteiger partial charge in [-0.1, -0.05) is 30.3 Å². The quantitative estimate of drug-likeness (QED) is 0.530. The Morgan fingerprint density at radius 3 is 2.57 bits per heavy atom. The summed E-state index contributed by atoms with van der Waals surface area (Å²) in [5.74, 6) is 0.354. The van der Waals surface area contributed by atoms with Gasteiger partial charge < -0.3 is 14.8 Å². The number of nitrogens with zero attached hydrogens (tertiary/aromatic N) is 1. The topological polar surface area (TPSA) is 60.5 Å². The molecule has 1 amide bonds. The van der Waals surface area contributed by atoms with E-state index < -0.39 is 12.8 Å². The molecule has 5 nitrogen and oxygen atoms in total. The number of carbonyl (C=O) groups excluding carboxylic acids is 1. The fourth-order valence-corrected chi connectivity index (χ4v) is 2.78. The van der Waals surface area contributed by atoms with Gasteiger partial charge in [-0.3, -0.25) is 9.78 Å². The molecule has 30 heavy (non-hydrogen) atoms. The number of para-hydroxylation sites is 1. The third kappa shape index (κ3) is 6.73. The SMILES string of the molecule is O=C(NCCc1ccc(OCCOCC(F)(F)F)cc1)c1cnc2ccccc2c1. The van der Waals surface area contributed by atoms with Crippen molar-refractivity contribution in [1.82, 2.24) is 10.3 Å². The normalized spacial score (nSPS) is 11.4. The summed E-state index contributed by atoms with van der Waals surface area (Å²) >= 11 is 0. The van der Waals surface area contributed by atoms with Crippen molar-refractivity contribution in [3.8, 4) is 5.75 Å². The Morgan fingerprint density at radius 2 is 1.80 bits per heavy atom. The minimum Gasteiger partial charge on any atom is -0.491 e. The first-order valence-corrected chi connectivity index (χ1v) is 9.40. The predicted molar refractivity (Wildman–Crippen MR) is 107 cm³/mol. The van der Waals surface area contributed by atoms with Gasteiger partial charge >= 0.3 is 6.18 Å². The molecule has 0 radical (unpaired) electrons. The smallest absolute Gasteiger partial charge is 0.411 e. The first-order chi connectivity index (χ1) is 14.4. The molecule has 8 heteroatoms. The highest BCUT2D eigenvalue weighted by atomic mass is 19.4. The zero-order valence-electron chi connectivity index (χ0n) is 16.1. The maximum absolute atomic E-state index is 12.3. The van der Waals surface area contributed by atoms with Gasteiger partial charge in [-0.05, 0) is 36.2 Å². The average Bonchev–Trinajstić information content (AvgIpc) is 2.73. The molecule has 0 spiro atoms. The predicted octanol–water partition coefficient (Wildman–Crippen LogP) is 4.17. The average molecular weight is 418 g/mol. The monoisotopic (exact) mass is 418 g/mol. The molecule has 0 saturated heterocycles. The number of ether oxygens (including phenoxy) is 2. The number of fused-ring (bicyclic) bond motifs is 1. The molecule has 0 fully saturated rings. The minimum atomic E-state index is -4.33. The minimum absolute atomic E-state index is 0.0330. The lowest BCUT2D eigenvalue weighted by Gasteiger charge is -2.10. The molecule has 3 aromatic rings. The van der Waals surface area contributed by atoms with Crippen molar-refractivity contribution in [2.24, 2.45) is 0 Å². The van der Waals surface area contributed by atoms with E-state index in [0.29, 0.717) is 24.3 Å². The first kappa shape index (κ1) is 21.6. The molecular weight excluding hydrogens is 397 g/mol. The van der Waals surface area contributed by atoms with Gasteiger partial charge in [0, 0.05) is 18.1 Å². The number of nitrogens with one attached hydrogen (secondary N) is 1. The highest BCUT2D eigenvalue weighted by Gasteiger charge is 2.27. The Kier molecular flexibility index (Phi) is 7.24. The number of pyridine rings is 1. The van der Waals surface area contributed by atoms with Crippen LogP contribution in [-0.4, -0.2) is 43.4 Å². The molecule has 0 unspecified atom stereocenters. The summed E-state index contributed by atoms with van der Waals surface area (Å²) in [6.07, 6.45) is -2.15. The molecule has 0 atom stereocenters. The van der Waals surface area contributed by atoms with Crippen molar-refractivity contribution >= 4 is 16.8 Å². The van der Waals surface area contributed by atoms with Gasteiger partial charge in [-0.2, -0.15) is 13.2 Å². The second-order valence-electron chi connectivity index (χ2n) is 6.58. The van der Waals surface area contributed by atoms with Gasteiger partial charge in [0.25, 0.3) is 5.91 Å². The van der Waals surface area contributed by atoms with Crippen LogP contribution in [0, 0.1) is 0 Å². The summed E-state index contributed by atoms with van der Waals surface area (Å²) in [4.78, 5) is 16.6. The molecule has 1 heterocycles. The van der Waals surface area contributed by atoms with Gasteiger partial charge in [-0.15, -0.1) is 0 Å². The number of carbonyl (C=O) groups is 1. The van der Waals surface area contributed by atoms with Crippen LogP contribution in [0.4, 0.5) is 13.2 Å². The van der Waals surface area contributed by atoms with Crippen LogP contribution in [0.25, 0.3) is 10.9 Å². The maximum Gasteiger partial charge on any atom is 0.411 e. The molecule has 158 valence electrons. The molecular formula is C22H21F3N2O3. The summed E-state index contributed by atoms with van der Waals surface area (Å²) in [6, 6.07) is 16.5. The number of hydrogen-bond acceptors (Lipinski definition) is 4. The Morgan fingerprint density at radius 1 is 1.03 bits per heavy atom. The van der Waals surface area contributed by atoms with Crippen LogP contribution in [0.3, 0.4) is 0 Å². The number of rotatable bonds is 9. The number of aromatic nitrogens is 1. The van der Waals surface area contributed by atoms with Crippen molar-refractivity contribution in [2.45, 2.75) is 12.6 Å². The van der Waals surface area contributed by atoms with E-state index in [1.54, 1.807) is 18.3 Å². The van der Waals surface area contributed by atoms with Gasteiger partial charge in [0.05, 0.1) is 17.7 Å². The second-order valence-corrected chi connectivity index (χ2v) is 6.58. The Labute approximate surface area is 171 Å². The molecule has 0 aliphatic rings. The van der Waals surface area contributed by atoms with E-state index in [0.717, 1.165) is 16.5 Å². The summed E-state index contributed by atoms with van der Waals surface area (Å²) < 4.78 is 45.7. The lowest BCUT2D eigenvalue weighted by Crippen LogP contribution is -2.25. The third-order valence-electron chi connectivity index (χ3n) is 4.24. The van der Waals surface area contributed by atoms with Crippen LogP contribution in [0.2, 0.25) is 0 Å². The second kappa shape index (κ2) is 10.1. The summed E-state index contributed by atoms with van der Waals surface area (Å²) in [5.41, 5.74) is 2.33. The molecule has 1 aromatic heterocycles. The number of halogens is 3. The molecule has 0 saturated carbocycles. The molecule has 0 bridgehead atoms. The van der Waals surface area contributed by atoms with Crippen molar-refractivity contribution in [3.05, 3.63) is 71.9 Å². The lowest BCUT2D eigenvalue weighted by molar-refractivity contribution is -0.175. The number of alkyl halides is 3. The molecule has 0 aliphatic heterocycles. The fraction of sp³-hybridized carbons (Fsp3) is 0.273.